The first-order valence-corrected chi connectivity index (χ1v) is 12.3. The van der Waals surface area contributed by atoms with Gasteiger partial charge in [-0.05, 0) is 18.8 Å². The van der Waals surface area contributed by atoms with E-state index in [1.54, 1.807) is 0 Å². The largest absolute Gasteiger partial charge is 0.466 e. The van der Waals surface area contributed by atoms with Gasteiger partial charge in [-0.3, -0.25) is 4.79 Å². The van der Waals surface area contributed by atoms with Crippen LogP contribution in [-0.2, 0) is 9.53 Å². The maximum Gasteiger partial charge on any atom is 0.305 e. The molecule has 0 aromatic rings. The molecule has 0 unspecified atom stereocenters. The van der Waals surface area contributed by atoms with E-state index in [4.69, 9.17) is 4.74 Å². The van der Waals surface area contributed by atoms with Gasteiger partial charge >= 0.3 is 5.97 Å². The molecular formula is C25H50O2. The fourth-order valence-electron chi connectivity index (χ4n) is 3.55. The summed E-state index contributed by atoms with van der Waals surface area (Å²) < 4.78 is 5.30. The lowest BCUT2D eigenvalue weighted by atomic mass is 10.0. The van der Waals surface area contributed by atoms with E-state index >= 15 is 0 Å². The lowest BCUT2D eigenvalue weighted by Gasteiger charge is -2.05. The molecule has 0 aliphatic heterocycles. The maximum absolute atomic E-state index is 11.5. The van der Waals surface area contributed by atoms with Gasteiger partial charge in [0.2, 0.25) is 0 Å². The summed E-state index contributed by atoms with van der Waals surface area (Å²) in [5, 5.41) is 0. The summed E-state index contributed by atoms with van der Waals surface area (Å²) in [6, 6.07) is 0. The Hall–Kier alpha value is -0.530. The molecule has 0 saturated heterocycles. The van der Waals surface area contributed by atoms with Crippen molar-refractivity contribution < 1.29 is 9.53 Å². The maximum atomic E-state index is 11.5. The van der Waals surface area contributed by atoms with Crippen LogP contribution in [0, 0.1) is 5.92 Å². The molecule has 0 fully saturated rings. The number of hydrogen-bond acceptors (Lipinski definition) is 2. The standard InChI is InChI=1S/C25H50O2/c1-4-5-6-19-22-25(26)27-23-20-17-15-13-11-9-7-8-10-12-14-16-18-21-24(2)3/h24H,4-23H2,1-3H3. The second kappa shape index (κ2) is 21.8. The predicted molar refractivity (Wildman–Crippen MR) is 119 cm³/mol. The molecule has 0 rings (SSSR count). The van der Waals surface area contributed by atoms with Crippen molar-refractivity contribution >= 4 is 5.97 Å². The molecule has 27 heavy (non-hydrogen) atoms. The number of carbonyl (C=O) groups excluding carboxylic acids is 1. The first kappa shape index (κ1) is 26.5. The van der Waals surface area contributed by atoms with Gasteiger partial charge in [-0.1, -0.05) is 124 Å². The van der Waals surface area contributed by atoms with Gasteiger partial charge in [0.05, 0.1) is 6.61 Å². The number of hydrogen-bond donors (Lipinski definition) is 0. The van der Waals surface area contributed by atoms with E-state index in [9.17, 15) is 4.79 Å². The number of esters is 1. The zero-order valence-electron chi connectivity index (χ0n) is 19.0. The van der Waals surface area contributed by atoms with Crippen molar-refractivity contribution in [1.29, 1.82) is 0 Å². The van der Waals surface area contributed by atoms with Crippen LogP contribution in [0.15, 0.2) is 0 Å². The Kier molecular flexibility index (Phi) is 21.3. The molecule has 0 aromatic heterocycles. The number of ether oxygens (including phenoxy) is 1. The Morgan fingerprint density at radius 2 is 1.07 bits per heavy atom. The SMILES string of the molecule is CCCCCCC(=O)OCCCCCCCCCCCCCCCC(C)C. The van der Waals surface area contributed by atoms with Crippen molar-refractivity contribution in [1.82, 2.24) is 0 Å². The van der Waals surface area contributed by atoms with Crippen molar-refractivity contribution in [3.05, 3.63) is 0 Å². The van der Waals surface area contributed by atoms with Crippen molar-refractivity contribution in [2.45, 2.75) is 143 Å². The molecule has 0 spiro atoms. The minimum atomic E-state index is 0.00558. The van der Waals surface area contributed by atoms with Crippen molar-refractivity contribution in [2.75, 3.05) is 6.61 Å². The molecule has 2 heteroatoms. The molecule has 0 aromatic carbocycles. The fourth-order valence-corrected chi connectivity index (χ4v) is 3.55. The van der Waals surface area contributed by atoms with Gasteiger partial charge in [-0.15, -0.1) is 0 Å². The second-order valence-corrected chi connectivity index (χ2v) is 8.81. The van der Waals surface area contributed by atoms with Gasteiger partial charge < -0.3 is 4.74 Å². The van der Waals surface area contributed by atoms with Crippen LogP contribution in [0.4, 0.5) is 0 Å². The Morgan fingerprint density at radius 1 is 0.630 bits per heavy atom. The van der Waals surface area contributed by atoms with Gasteiger partial charge in [0.1, 0.15) is 0 Å². The monoisotopic (exact) mass is 382 g/mol. The number of rotatable bonds is 21. The Bertz CT molecular complexity index is 299. The normalized spacial score (nSPS) is 11.3. The molecule has 0 atom stereocenters. The van der Waals surface area contributed by atoms with E-state index in [0.29, 0.717) is 13.0 Å². The highest BCUT2D eigenvalue weighted by Gasteiger charge is 2.02. The van der Waals surface area contributed by atoms with Crippen molar-refractivity contribution in [3.63, 3.8) is 0 Å². The van der Waals surface area contributed by atoms with Crippen LogP contribution in [0.5, 0.6) is 0 Å². The first-order valence-electron chi connectivity index (χ1n) is 12.3. The second-order valence-electron chi connectivity index (χ2n) is 8.81. The van der Waals surface area contributed by atoms with E-state index in [0.717, 1.165) is 25.2 Å². The average Bonchev–Trinajstić information content (AvgIpc) is 2.64. The van der Waals surface area contributed by atoms with Crippen molar-refractivity contribution in [2.24, 2.45) is 5.92 Å². The summed E-state index contributed by atoms with van der Waals surface area (Å²) in [7, 11) is 0. The third-order valence-corrected chi connectivity index (χ3v) is 5.42. The van der Waals surface area contributed by atoms with E-state index in [1.165, 1.54) is 96.3 Å². The summed E-state index contributed by atoms with van der Waals surface area (Å²) in [5.74, 6) is 0.881. The lowest BCUT2D eigenvalue weighted by molar-refractivity contribution is -0.143. The van der Waals surface area contributed by atoms with Gasteiger partial charge in [-0.25, -0.2) is 0 Å². The molecule has 162 valence electrons. The minimum Gasteiger partial charge on any atom is -0.466 e. The molecule has 0 amide bonds. The highest BCUT2D eigenvalue weighted by atomic mass is 16.5. The quantitative estimate of drug-likeness (QED) is 0.147. The predicted octanol–water partition coefficient (Wildman–Crippen LogP) is 8.62. The topological polar surface area (TPSA) is 26.3 Å². The summed E-state index contributed by atoms with van der Waals surface area (Å²) in [6.07, 6.45) is 24.3. The average molecular weight is 383 g/mol. The van der Waals surface area contributed by atoms with Crippen LogP contribution in [-0.4, -0.2) is 12.6 Å². The molecule has 0 saturated carbocycles. The highest BCUT2D eigenvalue weighted by molar-refractivity contribution is 5.69. The molecule has 0 N–H and O–H groups in total. The molecular weight excluding hydrogens is 332 g/mol. The molecule has 0 heterocycles. The van der Waals surface area contributed by atoms with Crippen LogP contribution in [0.2, 0.25) is 0 Å². The summed E-state index contributed by atoms with van der Waals surface area (Å²) in [5.41, 5.74) is 0. The summed E-state index contributed by atoms with van der Waals surface area (Å²) >= 11 is 0. The minimum absolute atomic E-state index is 0.00558. The Labute approximate surface area is 171 Å². The summed E-state index contributed by atoms with van der Waals surface area (Å²) in [6.45, 7) is 7.47. The van der Waals surface area contributed by atoms with Gasteiger partial charge in [-0.2, -0.15) is 0 Å². The molecule has 0 bridgehead atoms. The number of carbonyl (C=O) groups is 1. The fraction of sp³-hybridized carbons (Fsp3) is 0.960. The molecule has 0 aliphatic carbocycles. The zero-order chi connectivity index (χ0) is 20.0. The van der Waals surface area contributed by atoms with E-state index < -0.39 is 0 Å². The lowest BCUT2D eigenvalue weighted by Crippen LogP contribution is -2.05. The molecule has 0 aliphatic rings. The third-order valence-electron chi connectivity index (χ3n) is 5.42. The van der Waals surface area contributed by atoms with Crippen LogP contribution in [0.25, 0.3) is 0 Å². The van der Waals surface area contributed by atoms with Gasteiger partial charge in [0.15, 0.2) is 0 Å². The molecule has 2 nitrogen and oxygen atoms in total. The third kappa shape index (κ3) is 23.4. The van der Waals surface area contributed by atoms with Crippen molar-refractivity contribution in [3.8, 4) is 0 Å². The van der Waals surface area contributed by atoms with Crippen LogP contribution < -0.4 is 0 Å². The smallest absolute Gasteiger partial charge is 0.305 e. The van der Waals surface area contributed by atoms with E-state index in [2.05, 4.69) is 20.8 Å². The van der Waals surface area contributed by atoms with Crippen LogP contribution >= 0.6 is 0 Å². The van der Waals surface area contributed by atoms with Gasteiger partial charge in [0.25, 0.3) is 0 Å². The zero-order valence-corrected chi connectivity index (χ0v) is 19.0. The van der Waals surface area contributed by atoms with E-state index in [-0.39, 0.29) is 5.97 Å². The van der Waals surface area contributed by atoms with Crippen LogP contribution in [0.3, 0.4) is 0 Å². The van der Waals surface area contributed by atoms with E-state index in [1.807, 2.05) is 0 Å². The Balaban J connectivity index is 3.09. The van der Waals surface area contributed by atoms with Crippen LogP contribution in [0.1, 0.15) is 143 Å². The number of unbranched alkanes of at least 4 members (excludes halogenated alkanes) is 15. The Morgan fingerprint density at radius 3 is 1.56 bits per heavy atom. The first-order chi connectivity index (χ1) is 13.2. The van der Waals surface area contributed by atoms with Gasteiger partial charge in [0, 0.05) is 6.42 Å². The highest BCUT2D eigenvalue weighted by Crippen LogP contribution is 2.14. The summed E-state index contributed by atoms with van der Waals surface area (Å²) in [4.78, 5) is 11.5. The molecule has 0 radical (unpaired) electrons.